The molecular weight excluding hydrogens is 407 g/mol. The maximum absolute atomic E-state index is 12.5. The van der Waals surface area contributed by atoms with Crippen molar-refractivity contribution in [2.45, 2.75) is 13.0 Å². The van der Waals surface area contributed by atoms with Gasteiger partial charge in [-0.1, -0.05) is 17.7 Å². The van der Waals surface area contributed by atoms with Crippen molar-refractivity contribution in [1.29, 1.82) is 0 Å². The summed E-state index contributed by atoms with van der Waals surface area (Å²) in [4.78, 5) is 28.0. The molecule has 3 aromatic rings. The van der Waals surface area contributed by atoms with E-state index in [-0.39, 0.29) is 29.6 Å². The van der Waals surface area contributed by atoms with Gasteiger partial charge in [-0.3, -0.25) is 9.59 Å². The molecule has 8 heteroatoms. The van der Waals surface area contributed by atoms with Crippen LogP contribution in [0.25, 0.3) is 11.0 Å². The topological polar surface area (TPSA) is 62.6 Å². The molecule has 0 saturated carbocycles. The predicted molar refractivity (Wildman–Crippen MR) is 113 cm³/mol. The number of carbonyl (C=O) groups is 1. The summed E-state index contributed by atoms with van der Waals surface area (Å²) in [6.45, 7) is 2.23. The van der Waals surface area contributed by atoms with Crippen LogP contribution >= 0.6 is 35.3 Å². The van der Waals surface area contributed by atoms with Gasteiger partial charge in [0.1, 0.15) is 5.58 Å². The highest BCUT2D eigenvalue weighted by molar-refractivity contribution is 7.10. The van der Waals surface area contributed by atoms with Crippen LogP contribution in [0.3, 0.4) is 0 Å². The van der Waals surface area contributed by atoms with E-state index in [1.54, 1.807) is 23.5 Å². The number of nitrogens with one attached hydrogen (secondary N) is 1. The molecule has 0 spiro atoms. The Morgan fingerprint density at radius 1 is 1.33 bits per heavy atom. The van der Waals surface area contributed by atoms with Gasteiger partial charge in [0, 0.05) is 22.5 Å². The predicted octanol–water partition coefficient (Wildman–Crippen LogP) is 4.27. The Balaban J connectivity index is 0.00000261. The zero-order chi connectivity index (χ0) is 18.8. The van der Waals surface area contributed by atoms with Gasteiger partial charge in [0.05, 0.1) is 11.4 Å². The maximum Gasteiger partial charge on any atom is 0.287 e. The molecule has 3 rings (SSSR count). The Morgan fingerprint density at radius 3 is 2.70 bits per heavy atom. The summed E-state index contributed by atoms with van der Waals surface area (Å²) in [6, 6.07) is 8.51. The van der Waals surface area contributed by atoms with Crippen molar-refractivity contribution in [3.05, 3.63) is 67.2 Å². The molecule has 0 fully saturated rings. The second kappa shape index (κ2) is 8.89. The van der Waals surface area contributed by atoms with Crippen molar-refractivity contribution in [2.24, 2.45) is 0 Å². The standard InChI is InChI=1S/C19H19ClN2O3S.ClH/c1-11-7-16-12(8-13(11)20)15(23)9-17(25-16)19(24)21-10-14(22(2)3)18-5-4-6-26-18;/h4-9,14H,10H2,1-3H3,(H,21,24);1H. The van der Waals surface area contributed by atoms with Gasteiger partial charge < -0.3 is 14.6 Å². The summed E-state index contributed by atoms with van der Waals surface area (Å²) in [5.74, 6) is -0.423. The zero-order valence-electron chi connectivity index (χ0n) is 15.1. The third-order valence-corrected chi connectivity index (χ3v) is 5.56. The largest absolute Gasteiger partial charge is 0.451 e. The number of nitrogens with zero attached hydrogens (tertiary/aromatic N) is 1. The second-order valence-corrected chi connectivity index (χ2v) is 7.66. The molecule has 1 amide bonds. The lowest BCUT2D eigenvalue weighted by molar-refractivity contribution is 0.0915. The van der Waals surface area contributed by atoms with Gasteiger partial charge in [-0.2, -0.15) is 0 Å². The van der Waals surface area contributed by atoms with Crippen molar-refractivity contribution < 1.29 is 9.21 Å². The quantitative estimate of drug-likeness (QED) is 0.661. The molecule has 2 aromatic heterocycles. The van der Waals surface area contributed by atoms with Crippen LogP contribution in [0.15, 0.2) is 44.9 Å². The van der Waals surface area contributed by atoms with Crippen LogP contribution in [0.2, 0.25) is 5.02 Å². The van der Waals surface area contributed by atoms with Crippen LogP contribution in [-0.2, 0) is 0 Å². The van der Waals surface area contributed by atoms with E-state index in [0.717, 1.165) is 10.4 Å². The minimum Gasteiger partial charge on any atom is -0.451 e. The highest BCUT2D eigenvalue weighted by Crippen LogP contribution is 2.23. The fourth-order valence-corrected chi connectivity index (χ4v) is 3.77. The van der Waals surface area contributed by atoms with E-state index in [1.165, 1.54) is 6.07 Å². The molecule has 1 unspecified atom stereocenters. The maximum atomic E-state index is 12.5. The van der Waals surface area contributed by atoms with Crippen LogP contribution in [0.5, 0.6) is 0 Å². The van der Waals surface area contributed by atoms with Crippen molar-refractivity contribution in [1.82, 2.24) is 10.2 Å². The fraction of sp³-hybridized carbons (Fsp3) is 0.263. The molecule has 0 aliphatic rings. The van der Waals surface area contributed by atoms with E-state index in [0.29, 0.717) is 22.5 Å². The van der Waals surface area contributed by atoms with Crippen molar-refractivity contribution in [3.8, 4) is 0 Å². The number of thiophene rings is 1. The van der Waals surface area contributed by atoms with Crippen LogP contribution in [-0.4, -0.2) is 31.4 Å². The minimum absolute atomic E-state index is 0. The van der Waals surface area contributed by atoms with Gasteiger partial charge in [-0.25, -0.2) is 0 Å². The zero-order valence-corrected chi connectivity index (χ0v) is 17.5. The van der Waals surface area contributed by atoms with E-state index >= 15 is 0 Å². The molecular formula is C19H20Cl2N2O3S. The third-order valence-electron chi connectivity index (χ3n) is 4.18. The first kappa shape index (κ1) is 21.4. The highest BCUT2D eigenvalue weighted by atomic mass is 35.5. The molecule has 5 nitrogen and oxygen atoms in total. The number of halogens is 2. The van der Waals surface area contributed by atoms with Crippen LogP contribution in [0.1, 0.15) is 27.0 Å². The molecule has 0 radical (unpaired) electrons. The molecule has 1 N–H and O–H groups in total. The lowest BCUT2D eigenvalue weighted by Gasteiger charge is -2.23. The first-order chi connectivity index (χ1) is 12.4. The number of likely N-dealkylation sites (N-methyl/N-ethyl adjacent to an activating group) is 1. The molecule has 0 aliphatic heterocycles. The first-order valence-electron chi connectivity index (χ1n) is 8.09. The lowest BCUT2D eigenvalue weighted by atomic mass is 10.1. The van der Waals surface area contributed by atoms with Crippen LogP contribution in [0, 0.1) is 6.92 Å². The number of aryl methyl sites for hydroxylation is 1. The summed E-state index contributed by atoms with van der Waals surface area (Å²) >= 11 is 7.70. The summed E-state index contributed by atoms with van der Waals surface area (Å²) < 4.78 is 5.64. The van der Waals surface area contributed by atoms with E-state index in [2.05, 4.69) is 5.32 Å². The number of benzene rings is 1. The third kappa shape index (κ3) is 4.71. The monoisotopic (exact) mass is 426 g/mol. The first-order valence-corrected chi connectivity index (χ1v) is 9.34. The Bertz CT molecular complexity index is 1000. The number of fused-ring (bicyclic) bond motifs is 1. The molecule has 0 aliphatic carbocycles. The summed E-state index contributed by atoms with van der Waals surface area (Å²) in [5.41, 5.74) is 0.845. The Labute approximate surface area is 172 Å². The van der Waals surface area contributed by atoms with E-state index < -0.39 is 5.91 Å². The van der Waals surface area contributed by atoms with Crippen LogP contribution < -0.4 is 10.7 Å². The van der Waals surface area contributed by atoms with Crippen molar-refractivity contribution in [2.75, 3.05) is 20.6 Å². The lowest BCUT2D eigenvalue weighted by Crippen LogP contribution is -2.34. The number of amides is 1. The fourth-order valence-electron chi connectivity index (χ4n) is 2.68. The molecule has 2 heterocycles. The smallest absolute Gasteiger partial charge is 0.287 e. The summed E-state index contributed by atoms with van der Waals surface area (Å²) in [5, 5.41) is 5.71. The molecule has 1 aromatic carbocycles. The van der Waals surface area contributed by atoms with Gasteiger partial charge in [0.15, 0.2) is 11.2 Å². The average molecular weight is 427 g/mol. The number of hydrogen-bond donors (Lipinski definition) is 1. The normalized spacial score (nSPS) is 12.0. The molecule has 0 saturated heterocycles. The van der Waals surface area contributed by atoms with Gasteiger partial charge in [-0.15, -0.1) is 23.7 Å². The van der Waals surface area contributed by atoms with Gasteiger partial charge in [-0.05, 0) is 50.2 Å². The second-order valence-electron chi connectivity index (χ2n) is 6.28. The minimum atomic E-state index is -0.417. The molecule has 1 atom stereocenters. The van der Waals surface area contributed by atoms with Gasteiger partial charge >= 0.3 is 0 Å². The number of hydrogen-bond acceptors (Lipinski definition) is 5. The summed E-state index contributed by atoms with van der Waals surface area (Å²) in [7, 11) is 3.92. The van der Waals surface area contributed by atoms with Gasteiger partial charge in [0.2, 0.25) is 0 Å². The van der Waals surface area contributed by atoms with Crippen molar-refractivity contribution >= 4 is 52.2 Å². The van der Waals surface area contributed by atoms with Gasteiger partial charge in [0.25, 0.3) is 5.91 Å². The van der Waals surface area contributed by atoms with E-state index in [4.69, 9.17) is 16.0 Å². The Hall–Kier alpha value is -1.86. The summed E-state index contributed by atoms with van der Waals surface area (Å²) in [6.07, 6.45) is 0. The SMILES string of the molecule is Cc1cc2oc(C(=O)NCC(c3cccs3)N(C)C)cc(=O)c2cc1Cl.Cl. The Morgan fingerprint density at radius 2 is 2.07 bits per heavy atom. The highest BCUT2D eigenvalue weighted by Gasteiger charge is 2.18. The van der Waals surface area contributed by atoms with Crippen molar-refractivity contribution in [3.63, 3.8) is 0 Å². The average Bonchev–Trinajstić information content (AvgIpc) is 3.10. The molecule has 0 bridgehead atoms. The Kier molecular flexibility index (Phi) is 7.06. The van der Waals surface area contributed by atoms with E-state index in [1.807, 2.05) is 43.4 Å². The molecule has 144 valence electrons. The van der Waals surface area contributed by atoms with E-state index in [9.17, 15) is 9.59 Å². The number of carbonyl (C=O) groups excluding carboxylic acids is 1. The number of rotatable bonds is 5. The molecule has 27 heavy (non-hydrogen) atoms. The van der Waals surface area contributed by atoms with Crippen LogP contribution in [0.4, 0.5) is 0 Å².